The van der Waals surface area contributed by atoms with E-state index in [9.17, 15) is 34.8 Å². The van der Waals surface area contributed by atoms with E-state index in [0.29, 0.717) is 0 Å². The number of hydrogen-bond acceptors (Lipinski definition) is 4. The molecule has 0 aliphatic carbocycles. The van der Waals surface area contributed by atoms with Crippen molar-refractivity contribution in [3.8, 4) is 6.07 Å². The van der Waals surface area contributed by atoms with Gasteiger partial charge in [-0.05, 0) is 23.9 Å². The van der Waals surface area contributed by atoms with Gasteiger partial charge in [-0.3, -0.25) is 0 Å². The van der Waals surface area contributed by atoms with E-state index < -0.39 is 53.4 Å². The highest BCUT2D eigenvalue weighted by atomic mass is 35.7. The summed E-state index contributed by atoms with van der Waals surface area (Å²) in [6.45, 7) is 0. The molecule has 0 saturated carbocycles. The van der Waals surface area contributed by atoms with Crippen LogP contribution in [0.5, 0.6) is 0 Å². The van der Waals surface area contributed by atoms with Gasteiger partial charge in [0.2, 0.25) is 0 Å². The number of hydrogen-bond donors (Lipinski definition) is 0. The molecule has 0 heterocycles. The van der Waals surface area contributed by atoms with Crippen LogP contribution in [0.25, 0.3) is 0 Å². The second-order valence-electron chi connectivity index (χ2n) is 3.44. The lowest BCUT2D eigenvalue weighted by molar-refractivity contribution is -0.138. The Morgan fingerprint density at radius 2 is 1.67 bits per heavy atom. The van der Waals surface area contributed by atoms with Crippen molar-refractivity contribution < 1.29 is 34.8 Å². The van der Waals surface area contributed by atoms with E-state index in [1.807, 2.05) is 0 Å². The normalized spacial score (nSPS) is 13.0. The number of benzene rings is 1. The molecule has 21 heavy (non-hydrogen) atoms. The average molecular weight is 370 g/mol. The lowest BCUT2D eigenvalue weighted by Gasteiger charge is -2.14. The monoisotopic (exact) mass is 369 g/mol. The van der Waals surface area contributed by atoms with Crippen molar-refractivity contribution >= 4 is 31.5 Å². The third kappa shape index (κ3) is 4.69. The minimum absolute atomic E-state index is 0.0152. The zero-order valence-corrected chi connectivity index (χ0v) is 11.8. The van der Waals surface area contributed by atoms with Gasteiger partial charge >= 0.3 is 11.7 Å². The fourth-order valence-corrected chi connectivity index (χ4v) is 2.83. The molecular weight excluding hydrogens is 368 g/mol. The predicted molar refractivity (Wildman–Crippen MR) is 61.1 cm³/mol. The number of thioether (sulfide) groups is 1. The van der Waals surface area contributed by atoms with Crippen molar-refractivity contribution in [1.82, 2.24) is 0 Å². The van der Waals surface area contributed by atoms with Crippen LogP contribution in [0, 0.1) is 11.3 Å². The molecule has 0 aliphatic heterocycles. The van der Waals surface area contributed by atoms with Crippen molar-refractivity contribution in [2.45, 2.75) is 21.5 Å². The number of nitriles is 1. The van der Waals surface area contributed by atoms with Crippen molar-refractivity contribution in [2.75, 3.05) is 0 Å². The molecule has 3 nitrogen and oxygen atoms in total. The predicted octanol–water partition coefficient (Wildman–Crippen LogP) is 4.12. The van der Waals surface area contributed by atoms with Gasteiger partial charge in [0.05, 0.1) is 16.0 Å². The fourth-order valence-electron chi connectivity index (χ4n) is 1.28. The Labute approximate surface area is 122 Å². The minimum Gasteiger partial charge on any atom is -0.207 e. The van der Waals surface area contributed by atoms with E-state index in [0.717, 1.165) is 6.07 Å². The first-order valence-electron chi connectivity index (χ1n) is 4.61. The summed E-state index contributed by atoms with van der Waals surface area (Å²) in [6, 6.07) is 1.28. The summed E-state index contributed by atoms with van der Waals surface area (Å²) in [5.74, 6) is 0. The molecule has 1 rings (SSSR count). The Balaban J connectivity index is 3.74. The molecule has 1 aromatic rings. The largest absolute Gasteiger partial charge is 0.446 e. The van der Waals surface area contributed by atoms with Gasteiger partial charge < -0.3 is 0 Å². The Kier molecular flexibility index (Phi) is 4.77. The second kappa shape index (κ2) is 5.58. The molecule has 0 radical (unpaired) electrons. The number of nitrogens with zero attached hydrogens (tertiary/aromatic N) is 1. The maximum atomic E-state index is 12.7. The van der Waals surface area contributed by atoms with E-state index in [-0.39, 0.29) is 12.1 Å². The maximum Gasteiger partial charge on any atom is 0.446 e. The summed E-state index contributed by atoms with van der Waals surface area (Å²) in [5.41, 5.74) is -8.14. The van der Waals surface area contributed by atoms with Crippen LogP contribution in [-0.4, -0.2) is 13.9 Å². The molecule has 0 aromatic heterocycles. The van der Waals surface area contributed by atoms with Crippen molar-refractivity contribution in [3.05, 3.63) is 23.3 Å². The summed E-state index contributed by atoms with van der Waals surface area (Å²) in [7, 11) is 0.144. The molecule has 1 aromatic carbocycles. The number of halogens is 7. The topological polar surface area (TPSA) is 57.9 Å². The molecule has 0 saturated heterocycles. The average Bonchev–Trinajstić information content (AvgIpc) is 2.23. The SMILES string of the molecule is N#Cc1c(SC(F)(F)F)cc(S(=O)(=O)Cl)cc1C(F)(F)F. The highest BCUT2D eigenvalue weighted by Crippen LogP contribution is 2.43. The van der Waals surface area contributed by atoms with Gasteiger partial charge in [-0.2, -0.15) is 31.6 Å². The van der Waals surface area contributed by atoms with Gasteiger partial charge in [0.15, 0.2) is 0 Å². The van der Waals surface area contributed by atoms with Gasteiger partial charge in [0.1, 0.15) is 6.07 Å². The lowest BCUT2D eigenvalue weighted by atomic mass is 10.1. The lowest BCUT2D eigenvalue weighted by Crippen LogP contribution is -2.11. The van der Waals surface area contributed by atoms with Gasteiger partial charge in [-0.25, -0.2) is 8.42 Å². The molecular formula is C9H2ClF6NO2S2. The number of alkyl halides is 6. The third-order valence-electron chi connectivity index (χ3n) is 2.00. The zero-order valence-electron chi connectivity index (χ0n) is 9.38. The molecule has 0 bridgehead atoms. The number of rotatable bonds is 2. The summed E-state index contributed by atoms with van der Waals surface area (Å²) in [4.78, 5) is -2.37. The van der Waals surface area contributed by atoms with E-state index in [1.54, 1.807) is 0 Å². The van der Waals surface area contributed by atoms with Crippen LogP contribution in [0.3, 0.4) is 0 Å². The molecule has 116 valence electrons. The second-order valence-corrected chi connectivity index (χ2v) is 7.11. The Hall–Kier alpha value is -1.12. The Morgan fingerprint density at radius 3 is 2.00 bits per heavy atom. The smallest absolute Gasteiger partial charge is 0.207 e. The van der Waals surface area contributed by atoms with Crippen LogP contribution in [-0.2, 0) is 15.2 Å². The quantitative estimate of drug-likeness (QED) is 0.447. The van der Waals surface area contributed by atoms with Crippen LogP contribution in [0.2, 0.25) is 0 Å². The molecule has 0 amide bonds. The van der Waals surface area contributed by atoms with Gasteiger partial charge in [0, 0.05) is 15.6 Å². The van der Waals surface area contributed by atoms with Crippen molar-refractivity contribution in [1.29, 1.82) is 5.26 Å². The minimum atomic E-state index is -5.22. The highest BCUT2D eigenvalue weighted by molar-refractivity contribution is 8.13. The van der Waals surface area contributed by atoms with Crippen molar-refractivity contribution in [2.24, 2.45) is 0 Å². The molecule has 0 unspecified atom stereocenters. The first kappa shape index (κ1) is 17.9. The van der Waals surface area contributed by atoms with Gasteiger partial charge in [-0.1, -0.05) is 0 Å². The molecule has 12 heteroatoms. The fraction of sp³-hybridized carbons (Fsp3) is 0.222. The Bertz CT molecular complexity index is 705. The van der Waals surface area contributed by atoms with E-state index in [2.05, 4.69) is 0 Å². The zero-order chi connectivity index (χ0) is 16.6. The van der Waals surface area contributed by atoms with Crippen molar-refractivity contribution in [3.63, 3.8) is 0 Å². The molecule has 0 atom stereocenters. The molecule has 0 spiro atoms. The van der Waals surface area contributed by atoms with Crippen LogP contribution in [0.4, 0.5) is 26.3 Å². The van der Waals surface area contributed by atoms with Crippen LogP contribution in [0.15, 0.2) is 21.9 Å². The maximum absolute atomic E-state index is 12.7. The van der Waals surface area contributed by atoms with E-state index in [1.165, 1.54) is 0 Å². The van der Waals surface area contributed by atoms with Crippen LogP contribution < -0.4 is 0 Å². The van der Waals surface area contributed by atoms with Gasteiger partial charge in [-0.15, -0.1) is 0 Å². The first-order chi connectivity index (χ1) is 9.25. The van der Waals surface area contributed by atoms with E-state index >= 15 is 0 Å². The van der Waals surface area contributed by atoms with Crippen LogP contribution >= 0.6 is 22.4 Å². The highest BCUT2D eigenvalue weighted by Gasteiger charge is 2.39. The standard InChI is InChI=1S/C9H2ClF6NO2S2/c10-21(18,19)4-1-6(8(11,12)13)5(3-17)7(2-4)20-9(14,15)16/h1-2H. The molecule has 0 fully saturated rings. The first-order valence-corrected chi connectivity index (χ1v) is 7.74. The van der Waals surface area contributed by atoms with E-state index in [4.69, 9.17) is 15.9 Å². The molecule has 0 aliphatic rings. The third-order valence-corrected chi connectivity index (χ3v) is 4.11. The van der Waals surface area contributed by atoms with Gasteiger partial charge in [0.25, 0.3) is 9.05 Å². The Morgan fingerprint density at radius 1 is 1.14 bits per heavy atom. The van der Waals surface area contributed by atoms with Crippen LogP contribution in [0.1, 0.15) is 11.1 Å². The summed E-state index contributed by atoms with van der Waals surface area (Å²) >= 11 is -1.03. The molecule has 0 N–H and O–H groups in total. The summed E-state index contributed by atoms with van der Waals surface area (Å²) in [5, 5.41) is 8.64. The summed E-state index contributed by atoms with van der Waals surface area (Å²) in [6.07, 6.45) is -5.22. The summed E-state index contributed by atoms with van der Waals surface area (Å²) < 4.78 is 97.2.